The molecule has 5 heteroatoms. The molecule has 1 N–H and O–H groups in total. The Hall–Kier alpha value is -0.270. The zero-order valence-electron chi connectivity index (χ0n) is 7.14. The molecule has 0 saturated carbocycles. The van der Waals surface area contributed by atoms with Crippen LogP contribution in [0.25, 0.3) is 0 Å². The number of hydrogen-bond acceptors (Lipinski definition) is 2. The van der Waals surface area contributed by atoms with Gasteiger partial charge in [0.2, 0.25) is 3.73 Å². The van der Waals surface area contributed by atoms with E-state index in [1.807, 2.05) is 40.8 Å². The summed E-state index contributed by atoms with van der Waals surface area (Å²) in [5.41, 5.74) is 1.78. The van der Waals surface area contributed by atoms with Crippen molar-refractivity contribution in [3.8, 4) is 0 Å². The van der Waals surface area contributed by atoms with Crippen molar-refractivity contribution in [1.29, 1.82) is 0 Å². The summed E-state index contributed by atoms with van der Waals surface area (Å²) in [6.07, 6.45) is 0. The van der Waals surface area contributed by atoms with Crippen LogP contribution in [0.4, 0.5) is 8.78 Å². The van der Waals surface area contributed by atoms with Crippen molar-refractivity contribution >= 4 is 22.6 Å². The second-order valence-corrected chi connectivity index (χ2v) is 4.50. The van der Waals surface area contributed by atoms with E-state index in [1.54, 1.807) is 6.07 Å². The van der Waals surface area contributed by atoms with E-state index in [2.05, 4.69) is 10.1 Å². The van der Waals surface area contributed by atoms with Gasteiger partial charge in [0.05, 0.1) is 0 Å². The third-order valence-electron chi connectivity index (χ3n) is 2.12. The molecule has 0 fully saturated rings. The number of fused-ring (bicyclic) bond motifs is 1. The molecule has 76 valence electrons. The third-order valence-corrected chi connectivity index (χ3v) is 3.34. The van der Waals surface area contributed by atoms with Gasteiger partial charge in [-0.25, -0.2) is 0 Å². The minimum absolute atomic E-state index is 0.561. The first kappa shape index (κ1) is 10.3. The maximum atomic E-state index is 12.2. The number of alkyl halides is 3. The molecular weight excluding hydrogens is 303 g/mol. The molecule has 0 aromatic heterocycles. The summed E-state index contributed by atoms with van der Waals surface area (Å²) in [6, 6.07) is 7.39. The Labute approximate surface area is 93.8 Å². The van der Waals surface area contributed by atoms with Crippen LogP contribution in [0.3, 0.4) is 0 Å². The van der Waals surface area contributed by atoms with Crippen LogP contribution in [0.5, 0.6) is 0 Å². The monoisotopic (exact) mass is 311 g/mol. The van der Waals surface area contributed by atoms with E-state index in [4.69, 9.17) is 0 Å². The van der Waals surface area contributed by atoms with E-state index in [-0.39, 0.29) is 0 Å². The summed E-state index contributed by atoms with van der Waals surface area (Å²) in [5.74, 6) is 0. The molecule has 1 aromatic rings. The molecular formula is C9H8F2INO. The van der Waals surface area contributed by atoms with Gasteiger partial charge < -0.3 is 0 Å². The van der Waals surface area contributed by atoms with Crippen LogP contribution in [-0.2, 0) is 15.0 Å². The van der Waals surface area contributed by atoms with Gasteiger partial charge >= 0.3 is 6.61 Å². The minimum Gasteiger partial charge on any atom is -0.287 e. The van der Waals surface area contributed by atoms with Gasteiger partial charge in [0.15, 0.2) is 0 Å². The maximum absolute atomic E-state index is 12.2. The highest BCUT2D eigenvalue weighted by Crippen LogP contribution is 2.39. The van der Waals surface area contributed by atoms with Gasteiger partial charge in [0, 0.05) is 12.1 Å². The Kier molecular flexibility index (Phi) is 2.72. The topological polar surface area (TPSA) is 21.3 Å². The van der Waals surface area contributed by atoms with Gasteiger partial charge in [0.1, 0.15) is 0 Å². The lowest BCUT2D eigenvalue weighted by atomic mass is 10.1. The van der Waals surface area contributed by atoms with Crippen molar-refractivity contribution in [2.24, 2.45) is 0 Å². The molecule has 1 aliphatic rings. The normalized spacial score (nSPS) is 25.4. The Balaban J connectivity index is 2.32. The molecule has 2 nitrogen and oxygen atoms in total. The molecule has 0 amide bonds. The van der Waals surface area contributed by atoms with Gasteiger partial charge in [0.25, 0.3) is 0 Å². The van der Waals surface area contributed by atoms with E-state index in [0.29, 0.717) is 6.54 Å². The number of ether oxygens (including phenoxy) is 1. The molecule has 0 saturated heterocycles. The summed E-state index contributed by atoms with van der Waals surface area (Å²) in [5, 5.41) is 2.91. The molecule has 1 aromatic carbocycles. The Morgan fingerprint density at radius 3 is 2.86 bits per heavy atom. The van der Waals surface area contributed by atoms with Gasteiger partial charge in [-0.3, -0.25) is 10.1 Å². The first-order chi connectivity index (χ1) is 6.62. The SMILES string of the molecule is FC(F)OC1(I)NCc2ccccc21. The highest BCUT2D eigenvalue weighted by Gasteiger charge is 2.39. The zero-order valence-corrected chi connectivity index (χ0v) is 9.29. The molecule has 1 aliphatic heterocycles. The zero-order chi connectivity index (χ0) is 10.2. The smallest absolute Gasteiger partial charge is 0.287 e. The molecule has 0 spiro atoms. The average molecular weight is 311 g/mol. The average Bonchev–Trinajstić information content (AvgIpc) is 2.44. The number of hydrogen-bond donors (Lipinski definition) is 1. The van der Waals surface area contributed by atoms with Crippen molar-refractivity contribution in [1.82, 2.24) is 5.32 Å². The molecule has 0 aliphatic carbocycles. The lowest BCUT2D eigenvalue weighted by Crippen LogP contribution is -2.34. The fraction of sp³-hybridized carbons (Fsp3) is 0.333. The summed E-state index contributed by atoms with van der Waals surface area (Å²) in [4.78, 5) is 0. The molecule has 2 rings (SSSR count). The predicted molar refractivity (Wildman–Crippen MR) is 56.1 cm³/mol. The third kappa shape index (κ3) is 1.76. The summed E-state index contributed by atoms with van der Waals surface area (Å²) in [7, 11) is 0. The van der Waals surface area contributed by atoms with Crippen molar-refractivity contribution < 1.29 is 13.5 Å². The fourth-order valence-electron chi connectivity index (χ4n) is 1.52. The first-order valence-electron chi connectivity index (χ1n) is 4.10. The highest BCUT2D eigenvalue weighted by molar-refractivity contribution is 14.1. The largest absolute Gasteiger partial charge is 0.347 e. The van der Waals surface area contributed by atoms with Crippen LogP contribution in [0.15, 0.2) is 24.3 Å². The van der Waals surface area contributed by atoms with E-state index in [0.717, 1.165) is 11.1 Å². The van der Waals surface area contributed by atoms with Crippen LogP contribution < -0.4 is 5.32 Å². The van der Waals surface area contributed by atoms with Crippen LogP contribution >= 0.6 is 22.6 Å². The summed E-state index contributed by atoms with van der Waals surface area (Å²) < 4.78 is 27.8. The Morgan fingerprint density at radius 2 is 2.14 bits per heavy atom. The molecule has 1 atom stereocenters. The van der Waals surface area contributed by atoms with E-state index < -0.39 is 10.3 Å². The van der Waals surface area contributed by atoms with Gasteiger partial charge in [-0.05, 0) is 28.2 Å². The van der Waals surface area contributed by atoms with Crippen LogP contribution in [0.1, 0.15) is 11.1 Å². The van der Waals surface area contributed by atoms with Crippen molar-refractivity contribution in [3.05, 3.63) is 35.4 Å². The molecule has 0 radical (unpaired) electrons. The van der Waals surface area contributed by atoms with Crippen molar-refractivity contribution in [3.63, 3.8) is 0 Å². The minimum atomic E-state index is -2.77. The lowest BCUT2D eigenvalue weighted by molar-refractivity contribution is -0.178. The summed E-state index contributed by atoms with van der Waals surface area (Å²) in [6.45, 7) is -2.21. The lowest BCUT2D eigenvalue weighted by Gasteiger charge is -2.23. The van der Waals surface area contributed by atoms with Gasteiger partial charge in [-0.2, -0.15) is 8.78 Å². The first-order valence-corrected chi connectivity index (χ1v) is 5.18. The molecule has 1 heterocycles. The standard InChI is InChI=1S/C9H8F2INO/c10-8(11)14-9(12)7-4-2-1-3-6(7)5-13-9/h1-4,8,13H,5H2. The fourth-order valence-corrected chi connectivity index (χ4v) is 2.43. The maximum Gasteiger partial charge on any atom is 0.347 e. The van der Waals surface area contributed by atoms with Crippen LogP contribution in [0, 0.1) is 0 Å². The highest BCUT2D eigenvalue weighted by atomic mass is 127. The Morgan fingerprint density at radius 1 is 1.43 bits per heavy atom. The molecule has 14 heavy (non-hydrogen) atoms. The molecule has 1 unspecified atom stereocenters. The Bertz CT molecular complexity index is 347. The molecule has 0 bridgehead atoms. The van der Waals surface area contributed by atoms with Crippen molar-refractivity contribution in [2.75, 3.05) is 0 Å². The second kappa shape index (κ2) is 3.71. The van der Waals surface area contributed by atoms with Crippen LogP contribution in [0.2, 0.25) is 0 Å². The number of benzene rings is 1. The van der Waals surface area contributed by atoms with E-state index in [9.17, 15) is 8.78 Å². The number of rotatable bonds is 2. The van der Waals surface area contributed by atoms with Gasteiger partial charge in [-0.15, -0.1) is 0 Å². The van der Waals surface area contributed by atoms with E-state index in [1.165, 1.54) is 0 Å². The van der Waals surface area contributed by atoms with Crippen LogP contribution in [-0.4, -0.2) is 6.61 Å². The number of halogens is 3. The quantitative estimate of drug-likeness (QED) is 0.515. The van der Waals surface area contributed by atoms with Gasteiger partial charge in [-0.1, -0.05) is 24.3 Å². The summed E-state index contributed by atoms with van der Waals surface area (Å²) >= 11 is 1.86. The predicted octanol–water partition coefficient (Wildman–Crippen LogP) is 2.57. The number of nitrogens with one attached hydrogen (secondary N) is 1. The van der Waals surface area contributed by atoms with E-state index >= 15 is 0 Å². The second-order valence-electron chi connectivity index (χ2n) is 2.98. The van der Waals surface area contributed by atoms with Crippen molar-refractivity contribution in [2.45, 2.75) is 16.9 Å².